The van der Waals surface area contributed by atoms with Crippen LogP contribution in [0.1, 0.15) is 13.3 Å². The molecule has 84 valence electrons. The van der Waals surface area contributed by atoms with Gasteiger partial charge in [-0.05, 0) is 13.0 Å². The molecule has 0 aromatic carbocycles. The van der Waals surface area contributed by atoms with Crippen molar-refractivity contribution in [3.63, 3.8) is 0 Å². The highest BCUT2D eigenvalue weighted by molar-refractivity contribution is 7.99. The number of aliphatic hydroxyl groups is 1. The summed E-state index contributed by atoms with van der Waals surface area (Å²) in [7, 11) is 0. The summed E-state index contributed by atoms with van der Waals surface area (Å²) in [6.45, 7) is 3.21. The quantitative estimate of drug-likeness (QED) is 0.679. The zero-order chi connectivity index (χ0) is 10.9. The number of aliphatic hydroxyl groups excluding tert-OH is 1. The summed E-state index contributed by atoms with van der Waals surface area (Å²) in [6, 6.07) is 0.340. The third-order valence-corrected chi connectivity index (χ3v) is 3.02. The normalized spacial score (nSPS) is 12.7. The number of aromatic nitrogens is 2. The monoisotopic (exact) mass is 227 g/mol. The maximum atomic E-state index is 8.88. The van der Waals surface area contributed by atoms with Gasteiger partial charge in [0.25, 0.3) is 0 Å². The molecular formula is C10H17N3OS. The fourth-order valence-corrected chi connectivity index (χ4v) is 2.16. The van der Waals surface area contributed by atoms with Crippen molar-refractivity contribution in [2.24, 2.45) is 0 Å². The summed E-state index contributed by atoms with van der Waals surface area (Å²) in [5.74, 6) is 0.910. The number of nitrogens with zero attached hydrogens (tertiary/aromatic N) is 2. The number of nitrogens with one attached hydrogen (secondary N) is 1. The fourth-order valence-electron chi connectivity index (χ4n) is 1.23. The van der Waals surface area contributed by atoms with E-state index in [4.69, 9.17) is 5.11 Å². The molecule has 1 unspecified atom stereocenters. The molecule has 0 aliphatic carbocycles. The zero-order valence-corrected chi connectivity index (χ0v) is 9.70. The smallest absolute Gasteiger partial charge is 0.114 e. The molecule has 0 aliphatic rings. The summed E-state index contributed by atoms with van der Waals surface area (Å²) in [6.07, 6.45) is 5.89. The van der Waals surface area contributed by atoms with Crippen molar-refractivity contribution in [2.75, 3.05) is 18.9 Å². The van der Waals surface area contributed by atoms with Gasteiger partial charge in [0, 0.05) is 30.8 Å². The van der Waals surface area contributed by atoms with E-state index in [1.54, 1.807) is 30.4 Å². The highest BCUT2D eigenvalue weighted by Gasteiger charge is 2.07. The van der Waals surface area contributed by atoms with Crippen LogP contribution in [0.5, 0.6) is 0 Å². The van der Waals surface area contributed by atoms with Crippen molar-refractivity contribution in [3.05, 3.63) is 18.6 Å². The van der Waals surface area contributed by atoms with Gasteiger partial charge in [-0.1, -0.05) is 6.92 Å². The molecule has 0 radical (unpaired) electrons. The zero-order valence-electron chi connectivity index (χ0n) is 8.89. The molecule has 1 aromatic rings. The molecule has 0 aliphatic heterocycles. The van der Waals surface area contributed by atoms with Crippen molar-refractivity contribution in [1.29, 1.82) is 0 Å². The molecule has 1 atom stereocenters. The van der Waals surface area contributed by atoms with Crippen molar-refractivity contribution in [3.8, 4) is 0 Å². The number of thioether (sulfide) groups is 1. The van der Waals surface area contributed by atoms with Gasteiger partial charge >= 0.3 is 0 Å². The highest BCUT2D eigenvalue weighted by atomic mass is 32.2. The lowest BCUT2D eigenvalue weighted by molar-refractivity contribution is 0.271. The Hall–Kier alpha value is -0.650. The van der Waals surface area contributed by atoms with Crippen LogP contribution >= 0.6 is 11.8 Å². The summed E-state index contributed by atoms with van der Waals surface area (Å²) in [4.78, 5) is 8.18. The molecule has 0 saturated heterocycles. The van der Waals surface area contributed by atoms with Gasteiger partial charge in [0.2, 0.25) is 0 Å². The Bertz CT molecular complexity index is 252. The van der Waals surface area contributed by atoms with Crippen LogP contribution in [0.25, 0.3) is 0 Å². The first-order valence-corrected chi connectivity index (χ1v) is 6.08. The highest BCUT2D eigenvalue weighted by Crippen LogP contribution is 2.15. The van der Waals surface area contributed by atoms with E-state index in [2.05, 4.69) is 22.2 Å². The summed E-state index contributed by atoms with van der Waals surface area (Å²) in [5.41, 5.74) is 0. The summed E-state index contributed by atoms with van der Waals surface area (Å²) >= 11 is 1.66. The minimum atomic E-state index is 0.221. The maximum absolute atomic E-state index is 8.88. The maximum Gasteiger partial charge on any atom is 0.114 e. The second kappa shape index (κ2) is 7.62. The molecule has 0 bridgehead atoms. The summed E-state index contributed by atoms with van der Waals surface area (Å²) < 4.78 is 0. The predicted octanol–water partition coefficient (Wildman–Crippen LogP) is 0.929. The Morgan fingerprint density at radius 1 is 1.53 bits per heavy atom. The second-order valence-electron chi connectivity index (χ2n) is 3.12. The van der Waals surface area contributed by atoms with Crippen molar-refractivity contribution in [1.82, 2.24) is 15.3 Å². The van der Waals surface area contributed by atoms with Gasteiger partial charge in [0.15, 0.2) is 0 Å². The van der Waals surface area contributed by atoms with Crippen LogP contribution in [0, 0.1) is 0 Å². The molecule has 0 saturated carbocycles. The Balaban J connectivity index is 2.33. The average Bonchev–Trinajstić information content (AvgIpc) is 2.28. The van der Waals surface area contributed by atoms with Crippen molar-refractivity contribution in [2.45, 2.75) is 24.4 Å². The van der Waals surface area contributed by atoms with E-state index in [9.17, 15) is 0 Å². The minimum Gasteiger partial charge on any atom is -0.396 e. The topological polar surface area (TPSA) is 58.0 Å². The lowest BCUT2D eigenvalue weighted by Gasteiger charge is -2.15. The average molecular weight is 227 g/mol. The lowest BCUT2D eigenvalue weighted by Crippen LogP contribution is -2.32. The Labute approximate surface area is 94.5 Å². The lowest BCUT2D eigenvalue weighted by atomic mass is 10.2. The Morgan fingerprint density at radius 3 is 3.00 bits per heavy atom. The van der Waals surface area contributed by atoms with Gasteiger partial charge < -0.3 is 10.4 Å². The van der Waals surface area contributed by atoms with E-state index in [-0.39, 0.29) is 6.61 Å². The SMILES string of the molecule is CCNC(CCO)CSc1cnccn1. The molecule has 0 spiro atoms. The van der Waals surface area contributed by atoms with Gasteiger partial charge in [-0.3, -0.25) is 4.98 Å². The number of rotatable bonds is 7. The second-order valence-corrected chi connectivity index (χ2v) is 4.16. The standard InChI is InChI=1S/C10H17N3OS/c1-2-12-9(3-6-14)8-15-10-7-11-4-5-13-10/h4-5,7,9,12,14H,2-3,6,8H2,1H3. The van der Waals surface area contributed by atoms with E-state index in [1.807, 2.05) is 0 Å². The largest absolute Gasteiger partial charge is 0.396 e. The van der Waals surface area contributed by atoms with Crippen molar-refractivity contribution < 1.29 is 5.11 Å². The van der Waals surface area contributed by atoms with Crippen LogP contribution in [-0.4, -0.2) is 40.0 Å². The molecule has 1 heterocycles. The molecular weight excluding hydrogens is 210 g/mol. The molecule has 0 amide bonds. The Kier molecular flexibility index (Phi) is 6.31. The first kappa shape index (κ1) is 12.4. The molecule has 2 N–H and O–H groups in total. The van der Waals surface area contributed by atoms with Crippen LogP contribution in [0.15, 0.2) is 23.6 Å². The first-order chi connectivity index (χ1) is 7.36. The fraction of sp³-hybridized carbons (Fsp3) is 0.600. The minimum absolute atomic E-state index is 0.221. The molecule has 0 fully saturated rings. The van der Waals surface area contributed by atoms with Gasteiger partial charge in [-0.15, -0.1) is 11.8 Å². The van der Waals surface area contributed by atoms with Gasteiger partial charge in [0.05, 0.1) is 6.20 Å². The number of hydrogen-bond donors (Lipinski definition) is 2. The molecule has 4 nitrogen and oxygen atoms in total. The third-order valence-electron chi connectivity index (χ3n) is 1.94. The predicted molar refractivity (Wildman–Crippen MR) is 61.9 cm³/mol. The van der Waals surface area contributed by atoms with Crippen LogP contribution < -0.4 is 5.32 Å². The van der Waals surface area contributed by atoms with Crippen molar-refractivity contribution >= 4 is 11.8 Å². The van der Waals surface area contributed by atoms with Crippen LogP contribution in [0.4, 0.5) is 0 Å². The van der Waals surface area contributed by atoms with E-state index in [0.29, 0.717) is 6.04 Å². The van der Waals surface area contributed by atoms with E-state index >= 15 is 0 Å². The van der Waals surface area contributed by atoms with Crippen LogP contribution in [-0.2, 0) is 0 Å². The first-order valence-electron chi connectivity index (χ1n) is 5.10. The summed E-state index contributed by atoms with van der Waals surface area (Å²) in [5, 5.41) is 13.1. The Morgan fingerprint density at radius 2 is 2.40 bits per heavy atom. The van der Waals surface area contributed by atoms with E-state index in [0.717, 1.165) is 23.7 Å². The van der Waals surface area contributed by atoms with Gasteiger partial charge in [-0.25, -0.2) is 4.98 Å². The molecule has 1 rings (SSSR count). The van der Waals surface area contributed by atoms with Crippen LogP contribution in [0.2, 0.25) is 0 Å². The van der Waals surface area contributed by atoms with Gasteiger partial charge in [-0.2, -0.15) is 0 Å². The third kappa shape index (κ3) is 5.11. The number of hydrogen-bond acceptors (Lipinski definition) is 5. The molecule has 5 heteroatoms. The molecule has 15 heavy (non-hydrogen) atoms. The van der Waals surface area contributed by atoms with Crippen LogP contribution in [0.3, 0.4) is 0 Å². The van der Waals surface area contributed by atoms with E-state index < -0.39 is 0 Å². The molecule has 1 aromatic heterocycles. The van der Waals surface area contributed by atoms with Gasteiger partial charge in [0.1, 0.15) is 5.03 Å². The van der Waals surface area contributed by atoms with E-state index in [1.165, 1.54) is 0 Å².